The molecule has 1 aromatic heterocycles. The van der Waals surface area contributed by atoms with Crippen molar-refractivity contribution in [3.05, 3.63) is 98.8 Å². The molecule has 1 N–H and O–H groups in total. The highest BCUT2D eigenvalue weighted by Gasteiger charge is 2.78. The maximum absolute atomic E-state index is 12.0. The van der Waals surface area contributed by atoms with Gasteiger partial charge in [-0.05, 0) is 40.8 Å². The van der Waals surface area contributed by atoms with Crippen LogP contribution >= 0.6 is 0 Å². The minimum absolute atomic E-state index is 0.00745. The summed E-state index contributed by atoms with van der Waals surface area (Å²) in [7, 11) is -0.439. The fourth-order valence-corrected chi connectivity index (χ4v) is 6.97. The molecule has 174 valence electrons. The van der Waals surface area contributed by atoms with Gasteiger partial charge in [0.2, 0.25) is 0 Å². The number of aromatic amines is 1. The van der Waals surface area contributed by atoms with Crippen LogP contribution in [-0.2, 0) is 21.5 Å². The van der Waals surface area contributed by atoms with Crippen molar-refractivity contribution in [2.24, 2.45) is 16.7 Å². The molecule has 34 heavy (non-hydrogen) atoms. The Morgan fingerprint density at radius 1 is 1.03 bits per heavy atom. The van der Waals surface area contributed by atoms with Gasteiger partial charge in [-0.1, -0.05) is 75.4 Å². The summed E-state index contributed by atoms with van der Waals surface area (Å²) in [6.07, 6.45) is 3.81. The molecule has 2 aromatic carbocycles. The Hall–Kier alpha value is -2.90. The zero-order chi connectivity index (χ0) is 23.7. The first kappa shape index (κ1) is 21.6. The van der Waals surface area contributed by atoms with Gasteiger partial charge < -0.3 is 9.31 Å². The van der Waals surface area contributed by atoms with Crippen LogP contribution in [0.4, 0.5) is 0 Å². The van der Waals surface area contributed by atoms with Crippen LogP contribution in [0.3, 0.4) is 0 Å². The summed E-state index contributed by atoms with van der Waals surface area (Å²) in [4.78, 5) is 25.6. The molecule has 1 aliphatic heterocycles. The van der Waals surface area contributed by atoms with E-state index in [9.17, 15) is 9.59 Å². The van der Waals surface area contributed by atoms with E-state index in [0.29, 0.717) is 12.5 Å². The summed E-state index contributed by atoms with van der Waals surface area (Å²) < 4.78 is 15.2. The zero-order valence-electron chi connectivity index (χ0n) is 19.8. The lowest BCUT2D eigenvalue weighted by Crippen LogP contribution is -2.50. The van der Waals surface area contributed by atoms with Crippen LogP contribution in [0.5, 0.6) is 0 Å². The molecular weight excluding hydrogens is 427 g/mol. The van der Waals surface area contributed by atoms with Gasteiger partial charge in [-0.3, -0.25) is 14.3 Å². The minimum atomic E-state index is -0.479. The Morgan fingerprint density at radius 3 is 2.47 bits per heavy atom. The molecule has 3 aromatic rings. The van der Waals surface area contributed by atoms with Gasteiger partial charge in [0, 0.05) is 17.7 Å². The SMILES string of the molecule is CC1(C)C2CCC1(C)C1(c3ccccc3)OB(c3ccc(Cn4ccc(=O)[nH]c4=O)cc3)OC21. The second kappa shape index (κ2) is 7.30. The molecule has 2 heterocycles. The largest absolute Gasteiger partial charge is 0.494 e. The van der Waals surface area contributed by atoms with E-state index >= 15 is 0 Å². The molecule has 2 aliphatic carbocycles. The lowest BCUT2D eigenvalue weighted by Gasteiger charge is -2.48. The Kier molecular flexibility index (Phi) is 4.64. The second-order valence-corrected chi connectivity index (χ2v) is 10.8. The molecule has 4 atom stereocenters. The smallest absolute Gasteiger partial charge is 0.401 e. The Bertz CT molecular complexity index is 1350. The molecule has 6 nitrogen and oxygen atoms in total. The van der Waals surface area contributed by atoms with Crippen molar-refractivity contribution < 1.29 is 9.31 Å². The van der Waals surface area contributed by atoms with Crippen molar-refractivity contribution in [1.29, 1.82) is 0 Å². The molecule has 0 spiro atoms. The number of rotatable bonds is 4. The number of benzene rings is 2. The lowest BCUT2D eigenvalue weighted by molar-refractivity contribution is -0.0800. The van der Waals surface area contributed by atoms with Gasteiger partial charge in [0.15, 0.2) is 0 Å². The predicted molar refractivity (Wildman–Crippen MR) is 131 cm³/mol. The highest BCUT2D eigenvalue weighted by Crippen LogP contribution is 2.75. The van der Waals surface area contributed by atoms with E-state index in [-0.39, 0.29) is 16.9 Å². The molecule has 6 rings (SSSR count). The maximum atomic E-state index is 12.0. The van der Waals surface area contributed by atoms with Gasteiger partial charge in [0.05, 0.1) is 12.6 Å². The van der Waals surface area contributed by atoms with E-state index < -0.39 is 24.0 Å². The number of aromatic nitrogens is 2. The normalized spacial score (nSPS) is 31.1. The van der Waals surface area contributed by atoms with Crippen LogP contribution in [0.2, 0.25) is 0 Å². The third-order valence-corrected chi connectivity index (χ3v) is 9.16. The fourth-order valence-electron chi connectivity index (χ4n) is 6.97. The van der Waals surface area contributed by atoms with E-state index in [2.05, 4.69) is 56.1 Å². The van der Waals surface area contributed by atoms with Crippen molar-refractivity contribution in [2.45, 2.75) is 51.9 Å². The number of hydrogen-bond acceptors (Lipinski definition) is 4. The summed E-state index contributed by atoms with van der Waals surface area (Å²) >= 11 is 0. The first-order chi connectivity index (χ1) is 16.3. The van der Waals surface area contributed by atoms with Crippen molar-refractivity contribution >= 4 is 12.6 Å². The number of nitrogens with one attached hydrogen (secondary N) is 1. The zero-order valence-corrected chi connectivity index (χ0v) is 19.8. The summed E-state index contributed by atoms with van der Waals surface area (Å²) in [5.41, 5.74) is 1.94. The predicted octanol–water partition coefficient (Wildman–Crippen LogP) is 3.05. The number of nitrogens with zero attached hydrogens (tertiary/aromatic N) is 1. The van der Waals surface area contributed by atoms with Crippen LogP contribution in [0.25, 0.3) is 0 Å². The Balaban J connectivity index is 1.32. The second-order valence-electron chi connectivity index (χ2n) is 10.8. The van der Waals surface area contributed by atoms with Gasteiger partial charge in [-0.15, -0.1) is 0 Å². The molecule has 3 aliphatic rings. The molecule has 4 unspecified atom stereocenters. The first-order valence-electron chi connectivity index (χ1n) is 12.0. The van der Waals surface area contributed by atoms with E-state index in [1.165, 1.54) is 22.4 Å². The Morgan fingerprint density at radius 2 is 1.76 bits per heavy atom. The third kappa shape index (κ3) is 2.77. The Labute approximate surface area is 199 Å². The average Bonchev–Trinajstić information content (AvgIpc) is 3.38. The van der Waals surface area contributed by atoms with Crippen molar-refractivity contribution in [1.82, 2.24) is 9.55 Å². The highest BCUT2D eigenvalue weighted by atomic mass is 16.7. The highest BCUT2D eigenvalue weighted by molar-refractivity contribution is 6.62. The molecule has 0 radical (unpaired) electrons. The molecule has 2 bridgehead atoms. The van der Waals surface area contributed by atoms with E-state index in [1.807, 2.05) is 24.3 Å². The third-order valence-electron chi connectivity index (χ3n) is 9.16. The lowest BCUT2D eigenvalue weighted by atomic mass is 9.61. The quantitative estimate of drug-likeness (QED) is 0.613. The van der Waals surface area contributed by atoms with Gasteiger partial charge in [-0.2, -0.15) is 0 Å². The van der Waals surface area contributed by atoms with Crippen LogP contribution in [0.15, 0.2) is 76.4 Å². The maximum Gasteiger partial charge on any atom is 0.494 e. The van der Waals surface area contributed by atoms with Gasteiger partial charge >= 0.3 is 12.8 Å². The minimum Gasteiger partial charge on any atom is -0.401 e. The van der Waals surface area contributed by atoms with Crippen LogP contribution < -0.4 is 16.7 Å². The van der Waals surface area contributed by atoms with Crippen molar-refractivity contribution in [3.63, 3.8) is 0 Å². The summed E-state index contributed by atoms with van der Waals surface area (Å²) in [6, 6.07) is 20.0. The number of H-pyrrole nitrogens is 1. The van der Waals surface area contributed by atoms with Crippen LogP contribution in [0, 0.1) is 16.7 Å². The van der Waals surface area contributed by atoms with Gasteiger partial charge in [0.25, 0.3) is 5.56 Å². The van der Waals surface area contributed by atoms with E-state index in [4.69, 9.17) is 9.31 Å². The van der Waals surface area contributed by atoms with E-state index in [0.717, 1.165) is 23.9 Å². The summed E-state index contributed by atoms with van der Waals surface area (Å²) in [5, 5.41) is 0. The summed E-state index contributed by atoms with van der Waals surface area (Å²) in [5.74, 6) is 0.439. The van der Waals surface area contributed by atoms with Crippen molar-refractivity contribution in [3.8, 4) is 0 Å². The van der Waals surface area contributed by atoms with Crippen LogP contribution in [0.1, 0.15) is 44.7 Å². The van der Waals surface area contributed by atoms with Crippen molar-refractivity contribution in [2.75, 3.05) is 0 Å². The van der Waals surface area contributed by atoms with Gasteiger partial charge in [-0.25, -0.2) is 4.79 Å². The summed E-state index contributed by atoms with van der Waals surface area (Å²) in [6.45, 7) is 7.52. The molecule has 2 saturated carbocycles. The number of fused-ring (bicyclic) bond motifs is 5. The molecule has 3 fully saturated rings. The molecule has 0 amide bonds. The standard InChI is InChI=1S/C27H29BN2O4/c1-25(2)21-13-15-26(25,3)27(19-7-5-4-6-8-19)23(21)33-28(34-27)20-11-9-18(10-12-20)17-30-16-14-22(31)29-24(30)32/h4-12,14,16,21,23H,13,15,17H2,1-3H3,(H,29,31,32). The van der Waals surface area contributed by atoms with Gasteiger partial charge in [0.1, 0.15) is 5.60 Å². The van der Waals surface area contributed by atoms with E-state index in [1.54, 1.807) is 0 Å². The molecular formula is C27H29BN2O4. The topological polar surface area (TPSA) is 73.3 Å². The first-order valence-corrected chi connectivity index (χ1v) is 12.0. The molecule has 1 saturated heterocycles. The monoisotopic (exact) mass is 456 g/mol. The fraction of sp³-hybridized carbons (Fsp3) is 0.407. The average molecular weight is 456 g/mol. The molecule has 7 heteroatoms. The number of hydrogen-bond donors (Lipinski definition) is 1. The van der Waals surface area contributed by atoms with Crippen LogP contribution in [-0.4, -0.2) is 22.8 Å².